The number of carbonyl (C=O) groups is 2. The standard InChI is InChI=1S/C22H22BrFN2O3/c1-29-20-10-15(5-8-18(20)23)22(28)26-12-16(24)11-19(26)13-3-2-4-14(9-13)21(27)25-17-6-7-17/h2-5,8-10,16-17,19H,6-7,11-12H2,1H3,(H,25,27). The van der Waals surface area contributed by atoms with E-state index in [-0.39, 0.29) is 30.8 Å². The van der Waals surface area contributed by atoms with Gasteiger partial charge in [0, 0.05) is 23.6 Å². The molecule has 2 aliphatic rings. The Hall–Kier alpha value is -2.41. The number of ether oxygens (including phenoxy) is 1. The van der Waals surface area contributed by atoms with Crippen LogP contribution in [0.3, 0.4) is 0 Å². The number of benzene rings is 2. The monoisotopic (exact) mass is 460 g/mol. The molecule has 1 N–H and O–H groups in total. The van der Waals surface area contributed by atoms with E-state index in [1.165, 1.54) is 7.11 Å². The first-order valence-electron chi connectivity index (χ1n) is 9.65. The summed E-state index contributed by atoms with van der Waals surface area (Å²) < 4.78 is 20.3. The highest BCUT2D eigenvalue weighted by atomic mass is 79.9. The van der Waals surface area contributed by atoms with Crippen LogP contribution in [0.1, 0.15) is 51.6 Å². The van der Waals surface area contributed by atoms with Gasteiger partial charge >= 0.3 is 0 Å². The molecule has 1 heterocycles. The minimum absolute atomic E-state index is 0.0282. The summed E-state index contributed by atoms with van der Waals surface area (Å²) in [6.07, 6.45) is 1.13. The van der Waals surface area contributed by atoms with E-state index in [9.17, 15) is 14.0 Å². The summed E-state index contributed by atoms with van der Waals surface area (Å²) in [5.74, 6) is 0.163. The molecule has 4 rings (SSSR count). The summed E-state index contributed by atoms with van der Waals surface area (Å²) in [7, 11) is 1.53. The number of hydrogen-bond donors (Lipinski definition) is 1. The minimum atomic E-state index is -1.11. The second-order valence-corrected chi connectivity index (χ2v) is 8.38. The molecule has 2 fully saturated rings. The van der Waals surface area contributed by atoms with Gasteiger partial charge in [-0.25, -0.2) is 4.39 Å². The molecule has 1 saturated heterocycles. The fourth-order valence-corrected chi connectivity index (χ4v) is 4.08. The lowest BCUT2D eigenvalue weighted by atomic mass is 10.0. The number of likely N-dealkylation sites (tertiary alicyclic amines) is 1. The van der Waals surface area contributed by atoms with Gasteiger partial charge in [-0.05, 0) is 64.7 Å². The molecule has 2 aromatic rings. The van der Waals surface area contributed by atoms with Crippen LogP contribution in [0.25, 0.3) is 0 Å². The summed E-state index contributed by atoms with van der Waals surface area (Å²) >= 11 is 3.38. The Balaban J connectivity index is 1.59. The van der Waals surface area contributed by atoms with E-state index in [2.05, 4.69) is 21.2 Å². The van der Waals surface area contributed by atoms with Crippen LogP contribution < -0.4 is 10.1 Å². The fourth-order valence-electron chi connectivity index (χ4n) is 3.67. The molecule has 2 atom stereocenters. The number of nitrogens with one attached hydrogen (secondary N) is 1. The number of nitrogens with zero attached hydrogens (tertiary/aromatic N) is 1. The normalized spacial score (nSPS) is 21.1. The third-order valence-corrected chi connectivity index (χ3v) is 6.01. The number of amides is 2. The van der Waals surface area contributed by atoms with Crippen molar-refractivity contribution >= 4 is 27.7 Å². The van der Waals surface area contributed by atoms with Crippen molar-refractivity contribution in [3.8, 4) is 5.75 Å². The van der Waals surface area contributed by atoms with E-state index >= 15 is 0 Å². The summed E-state index contributed by atoms with van der Waals surface area (Å²) in [4.78, 5) is 27.1. The summed E-state index contributed by atoms with van der Waals surface area (Å²) in [5, 5.41) is 2.96. The molecule has 0 aromatic heterocycles. The lowest BCUT2D eigenvalue weighted by molar-refractivity contribution is 0.0728. The quantitative estimate of drug-likeness (QED) is 0.724. The molecule has 5 nitrogen and oxygen atoms in total. The maximum absolute atomic E-state index is 14.3. The Morgan fingerprint density at radius 3 is 2.69 bits per heavy atom. The Morgan fingerprint density at radius 2 is 1.97 bits per heavy atom. The average molecular weight is 461 g/mol. The summed E-state index contributed by atoms with van der Waals surface area (Å²) in [6, 6.07) is 12.1. The van der Waals surface area contributed by atoms with Crippen molar-refractivity contribution in [2.45, 2.75) is 37.5 Å². The van der Waals surface area contributed by atoms with Crippen LogP contribution in [0.5, 0.6) is 5.75 Å². The Labute approximate surface area is 177 Å². The second kappa shape index (κ2) is 8.14. The predicted octanol–water partition coefficient (Wildman–Crippen LogP) is 4.28. The van der Waals surface area contributed by atoms with Crippen LogP contribution in [0.4, 0.5) is 4.39 Å². The van der Waals surface area contributed by atoms with Crippen molar-refractivity contribution in [1.82, 2.24) is 10.2 Å². The predicted molar refractivity (Wildman–Crippen MR) is 111 cm³/mol. The molecule has 1 aliphatic heterocycles. The molecular weight excluding hydrogens is 439 g/mol. The number of halogens is 2. The number of methoxy groups -OCH3 is 1. The third kappa shape index (κ3) is 4.29. The highest BCUT2D eigenvalue weighted by molar-refractivity contribution is 9.10. The molecule has 0 bridgehead atoms. The smallest absolute Gasteiger partial charge is 0.254 e. The third-order valence-electron chi connectivity index (χ3n) is 5.36. The largest absolute Gasteiger partial charge is 0.496 e. The van der Waals surface area contributed by atoms with Crippen LogP contribution in [0, 0.1) is 0 Å². The van der Waals surface area contributed by atoms with Gasteiger partial charge in [-0.1, -0.05) is 12.1 Å². The minimum Gasteiger partial charge on any atom is -0.496 e. The first-order valence-corrected chi connectivity index (χ1v) is 10.4. The van der Waals surface area contributed by atoms with Gasteiger partial charge in [0.15, 0.2) is 0 Å². The molecule has 2 unspecified atom stereocenters. The van der Waals surface area contributed by atoms with Crippen LogP contribution in [0.15, 0.2) is 46.9 Å². The molecule has 2 aromatic carbocycles. The van der Waals surface area contributed by atoms with Gasteiger partial charge < -0.3 is 15.0 Å². The van der Waals surface area contributed by atoms with Gasteiger partial charge in [0.25, 0.3) is 11.8 Å². The van der Waals surface area contributed by atoms with E-state index in [0.29, 0.717) is 16.9 Å². The van der Waals surface area contributed by atoms with Crippen molar-refractivity contribution in [2.24, 2.45) is 0 Å². The molecule has 0 radical (unpaired) electrons. The topological polar surface area (TPSA) is 58.6 Å². The van der Waals surface area contributed by atoms with E-state index in [1.807, 2.05) is 6.07 Å². The van der Waals surface area contributed by atoms with Gasteiger partial charge in [-0.2, -0.15) is 0 Å². The van der Waals surface area contributed by atoms with Crippen LogP contribution >= 0.6 is 15.9 Å². The molecule has 1 saturated carbocycles. The molecule has 2 amide bonds. The van der Waals surface area contributed by atoms with E-state index in [0.717, 1.165) is 22.9 Å². The zero-order chi connectivity index (χ0) is 20.5. The van der Waals surface area contributed by atoms with Crippen LogP contribution in [0.2, 0.25) is 0 Å². The molecule has 7 heteroatoms. The van der Waals surface area contributed by atoms with Crippen molar-refractivity contribution in [2.75, 3.05) is 13.7 Å². The molecule has 29 heavy (non-hydrogen) atoms. The highest BCUT2D eigenvalue weighted by Gasteiger charge is 2.37. The van der Waals surface area contributed by atoms with Crippen molar-refractivity contribution in [1.29, 1.82) is 0 Å². The maximum atomic E-state index is 14.3. The van der Waals surface area contributed by atoms with Crippen LogP contribution in [-0.4, -0.2) is 42.6 Å². The van der Waals surface area contributed by atoms with Gasteiger partial charge in [0.2, 0.25) is 0 Å². The highest BCUT2D eigenvalue weighted by Crippen LogP contribution is 2.36. The summed E-state index contributed by atoms with van der Waals surface area (Å²) in [6.45, 7) is 0.0282. The van der Waals surface area contributed by atoms with Crippen molar-refractivity contribution in [3.05, 3.63) is 63.6 Å². The number of carbonyl (C=O) groups excluding carboxylic acids is 2. The maximum Gasteiger partial charge on any atom is 0.254 e. The second-order valence-electron chi connectivity index (χ2n) is 7.53. The lowest BCUT2D eigenvalue weighted by Gasteiger charge is -2.25. The fraction of sp³-hybridized carbons (Fsp3) is 0.364. The Kier molecular flexibility index (Phi) is 5.58. The average Bonchev–Trinajstić information content (AvgIpc) is 3.46. The van der Waals surface area contributed by atoms with Gasteiger partial charge in [0.05, 0.1) is 24.2 Å². The molecule has 1 aliphatic carbocycles. The van der Waals surface area contributed by atoms with Crippen LogP contribution in [-0.2, 0) is 0 Å². The Morgan fingerprint density at radius 1 is 1.17 bits per heavy atom. The number of hydrogen-bond acceptors (Lipinski definition) is 3. The SMILES string of the molecule is COc1cc(C(=O)N2CC(F)CC2c2cccc(C(=O)NC3CC3)c2)ccc1Br. The lowest BCUT2D eigenvalue weighted by Crippen LogP contribution is -2.31. The summed E-state index contributed by atoms with van der Waals surface area (Å²) in [5.41, 5.74) is 1.74. The molecule has 0 spiro atoms. The zero-order valence-corrected chi connectivity index (χ0v) is 17.6. The molecule has 152 valence electrons. The van der Waals surface area contributed by atoms with E-state index in [4.69, 9.17) is 4.74 Å². The van der Waals surface area contributed by atoms with E-state index in [1.54, 1.807) is 41.3 Å². The van der Waals surface area contributed by atoms with Gasteiger partial charge in [-0.3, -0.25) is 9.59 Å². The first-order chi connectivity index (χ1) is 14.0. The Bertz CT molecular complexity index is 947. The van der Waals surface area contributed by atoms with Crippen molar-refractivity contribution < 1.29 is 18.7 Å². The first kappa shape index (κ1) is 19.9. The van der Waals surface area contributed by atoms with Crippen molar-refractivity contribution in [3.63, 3.8) is 0 Å². The molecular formula is C22H22BrFN2O3. The zero-order valence-electron chi connectivity index (χ0n) is 16.0. The van der Waals surface area contributed by atoms with E-state index < -0.39 is 12.2 Å². The number of alkyl halides is 1. The van der Waals surface area contributed by atoms with Gasteiger partial charge in [-0.15, -0.1) is 0 Å². The number of rotatable bonds is 5. The van der Waals surface area contributed by atoms with Gasteiger partial charge in [0.1, 0.15) is 11.9 Å².